The SMILES string of the molecule is Cc1ccc(C2CCCN2C(=O)Cc2ccc(C(=O)O)cc2)cc1. The predicted octanol–water partition coefficient (Wildman–Crippen LogP) is 3.60. The van der Waals surface area contributed by atoms with Crippen molar-refractivity contribution >= 4 is 11.9 Å². The lowest BCUT2D eigenvalue weighted by molar-refractivity contribution is -0.131. The fraction of sp³-hybridized carbons (Fsp3) is 0.300. The Morgan fingerprint density at radius 2 is 1.75 bits per heavy atom. The number of aromatic carboxylic acids is 1. The Balaban J connectivity index is 1.71. The molecule has 1 N–H and O–H groups in total. The van der Waals surface area contributed by atoms with Gasteiger partial charge in [-0.1, -0.05) is 42.0 Å². The van der Waals surface area contributed by atoms with Crippen LogP contribution in [0.25, 0.3) is 0 Å². The molecule has 1 aliphatic rings. The zero-order valence-corrected chi connectivity index (χ0v) is 13.7. The quantitative estimate of drug-likeness (QED) is 0.935. The van der Waals surface area contributed by atoms with Crippen LogP contribution in [0.1, 0.15) is 45.9 Å². The lowest BCUT2D eigenvalue weighted by atomic mass is 10.0. The minimum absolute atomic E-state index is 0.0983. The molecule has 0 aromatic heterocycles. The van der Waals surface area contributed by atoms with Crippen molar-refractivity contribution in [1.29, 1.82) is 0 Å². The molecule has 1 atom stereocenters. The van der Waals surface area contributed by atoms with Gasteiger partial charge in [0.15, 0.2) is 0 Å². The van der Waals surface area contributed by atoms with Crippen LogP contribution in [0.5, 0.6) is 0 Å². The number of carbonyl (C=O) groups is 2. The molecule has 0 spiro atoms. The van der Waals surface area contributed by atoms with Gasteiger partial charge in [-0.15, -0.1) is 0 Å². The average molecular weight is 323 g/mol. The molecule has 1 amide bonds. The minimum atomic E-state index is -0.952. The van der Waals surface area contributed by atoms with Gasteiger partial charge in [0.1, 0.15) is 0 Å². The molecule has 1 saturated heterocycles. The number of hydrogen-bond acceptors (Lipinski definition) is 2. The topological polar surface area (TPSA) is 57.6 Å². The van der Waals surface area contributed by atoms with Gasteiger partial charge in [0, 0.05) is 6.54 Å². The van der Waals surface area contributed by atoms with Crippen LogP contribution in [0.2, 0.25) is 0 Å². The van der Waals surface area contributed by atoms with E-state index in [-0.39, 0.29) is 17.5 Å². The van der Waals surface area contributed by atoms with Crippen molar-refractivity contribution in [3.8, 4) is 0 Å². The Morgan fingerprint density at radius 1 is 1.08 bits per heavy atom. The Morgan fingerprint density at radius 3 is 2.38 bits per heavy atom. The molecule has 4 heteroatoms. The van der Waals surface area contributed by atoms with Gasteiger partial charge in [0.2, 0.25) is 5.91 Å². The van der Waals surface area contributed by atoms with Crippen LogP contribution >= 0.6 is 0 Å². The number of rotatable bonds is 4. The molecule has 0 bridgehead atoms. The number of carboxylic acids is 1. The summed E-state index contributed by atoms with van der Waals surface area (Å²) in [5, 5.41) is 8.94. The highest BCUT2D eigenvalue weighted by Crippen LogP contribution is 2.32. The molecular formula is C20H21NO3. The Bertz CT molecular complexity index is 734. The molecule has 24 heavy (non-hydrogen) atoms. The van der Waals surface area contributed by atoms with Gasteiger partial charge in [-0.05, 0) is 43.0 Å². The highest BCUT2D eigenvalue weighted by atomic mass is 16.4. The molecule has 3 rings (SSSR count). The van der Waals surface area contributed by atoms with Gasteiger partial charge in [0.25, 0.3) is 0 Å². The molecule has 2 aromatic carbocycles. The molecule has 2 aromatic rings. The fourth-order valence-electron chi connectivity index (χ4n) is 3.24. The number of nitrogens with zero attached hydrogens (tertiary/aromatic N) is 1. The summed E-state index contributed by atoms with van der Waals surface area (Å²) in [5.74, 6) is -0.854. The van der Waals surface area contributed by atoms with Gasteiger partial charge in [0.05, 0.1) is 18.0 Å². The van der Waals surface area contributed by atoms with Crippen LogP contribution in [-0.4, -0.2) is 28.4 Å². The van der Waals surface area contributed by atoms with Crippen molar-refractivity contribution in [2.24, 2.45) is 0 Å². The summed E-state index contributed by atoms with van der Waals surface area (Å²) in [5.41, 5.74) is 3.49. The predicted molar refractivity (Wildman–Crippen MR) is 92.0 cm³/mol. The third kappa shape index (κ3) is 3.48. The van der Waals surface area contributed by atoms with Gasteiger partial charge < -0.3 is 10.0 Å². The van der Waals surface area contributed by atoms with Crippen molar-refractivity contribution < 1.29 is 14.7 Å². The molecule has 0 radical (unpaired) electrons. The average Bonchev–Trinajstić information content (AvgIpc) is 3.06. The van der Waals surface area contributed by atoms with E-state index in [0.29, 0.717) is 6.42 Å². The van der Waals surface area contributed by atoms with Crippen molar-refractivity contribution in [2.45, 2.75) is 32.2 Å². The Labute approximate surface area is 141 Å². The number of aryl methyl sites for hydroxylation is 1. The van der Waals surface area contributed by atoms with E-state index >= 15 is 0 Å². The molecule has 1 unspecified atom stereocenters. The van der Waals surface area contributed by atoms with E-state index in [0.717, 1.165) is 24.9 Å². The third-order valence-electron chi connectivity index (χ3n) is 4.59. The van der Waals surface area contributed by atoms with Crippen LogP contribution in [-0.2, 0) is 11.2 Å². The van der Waals surface area contributed by atoms with Gasteiger partial charge in [-0.3, -0.25) is 4.79 Å². The highest BCUT2D eigenvalue weighted by Gasteiger charge is 2.29. The van der Waals surface area contributed by atoms with Crippen molar-refractivity contribution in [3.05, 3.63) is 70.8 Å². The summed E-state index contributed by atoms with van der Waals surface area (Å²) in [6, 6.07) is 15.1. The fourth-order valence-corrected chi connectivity index (χ4v) is 3.24. The minimum Gasteiger partial charge on any atom is -0.478 e. The molecule has 0 saturated carbocycles. The molecule has 124 valence electrons. The number of amides is 1. The van der Waals surface area contributed by atoms with Crippen LogP contribution in [0.15, 0.2) is 48.5 Å². The van der Waals surface area contributed by atoms with E-state index in [1.807, 2.05) is 4.90 Å². The van der Waals surface area contributed by atoms with E-state index in [9.17, 15) is 9.59 Å². The van der Waals surface area contributed by atoms with Crippen LogP contribution in [0.4, 0.5) is 0 Å². The maximum atomic E-state index is 12.7. The van der Waals surface area contributed by atoms with Gasteiger partial charge >= 0.3 is 5.97 Å². The first kappa shape index (κ1) is 16.2. The first-order valence-corrected chi connectivity index (χ1v) is 8.23. The largest absolute Gasteiger partial charge is 0.478 e. The van der Waals surface area contributed by atoms with E-state index < -0.39 is 5.97 Å². The summed E-state index contributed by atoms with van der Waals surface area (Å²) in [6.45, 7) is 2.84. The first-order chi connectivity index (χ1) is 11.5. The van der Waals surface area contributed by atoms with E-state index in [4.69, 9.17) is 5.11 Å². The van der Waals surface area contributed by atoms with Crippen LogP contribution in [0, 0.1) is 6.92 Å². The molecule has 1 aliphatic heterocycles. The van der Waals surface area contributed by atoms with E-state index in [1.165, 1.54) is 11.1 Å². The number of carboxylic acid groups (broad SMARTS) is 1. The molecule has 0 aliphatic carbocycles. The highest BCUT2D eigenvalue weighted by molar-refractivity contribution is 5.87. The molecule has 4 nitrogen and oxygen atoms in total. The summed E-state index contributed by atoms with van der Waals surface area (Å²) >= 11 is 0. The van der Waals surface area contributed by atoms with Crippen molar-refractivity contribution in [2.75, 3.05) is 6.54 Å². The second-order valence-electron chi connectivity index (χ2n) is 6.33. The zero-order valence-electron chi connectivity index (χ0n) is 13.7. The van der Waals surface area contributed by atoms with Crippen LogP contribution in [0.3, 0.4) is 0 Å². The number of hydrogen-bond donors (Lipinski definition) is 1. The maximum absolute atomic E-state index is 12.7. The summed E-state index contributed by atoms with van der Waals surface area (Å²) in [4.78, 5) is 25.5. The number of likely N-dealkylation sites (tertiary alicyclic amines) is 1. The van der Waals surface area contributed by atoms with Gasteiger partial charge in [-0.2, -0.15) is 0 Å². The van der Waals surface area contributed by atoms with E-state index in [1.54, 1.807) is 24.3 Å². The second-order valence-corrected chi connectivity index (χ2v) is 6.33. The van der Waals surface area contributed by atoms with Crippen molar-refractivity contribution in [3.63, 3.8) is 0 Å². The lowest BCUT2D eigenvalue weighted by Crippen LogP contribution is -2.31. The Kier molecular flexibility index (Phi) is 4.65. The standard InChI is InChI=1S/C20H21NO3/c1-14-4-8-16(9-5-14)18-3-2-12-21(18)19(22)13-15-6-10-17(11-7-15)20(23)24/h4-11,18H,2-3,12-13H2,1H3,(H,23,24). The smallest absolute Gasteiger partial charge is 0.335 e. The van der Waals surface area contributed by atoms with E-state index in [2.05, 4.69) is 31.2 Å². The second kappa shape index (κ2) is 6.87. The zero-order chi connectivity index (χ0) is 17.1. The van der Waals surface area contributed by atoms with Crippen LogP contribution < -0.4 is 0 Å². The van der Waals surface area contributed by atoms with Crippen molar-refractivity contribution in [1.82, 2.24) is 4.90 Å². The molecular weight excluding hydrogens is 302 g/mol. The monoisotopic (exact) mass is 323 g/mol. The Hall–Kier alpha value is -2.62. The first-order valence-electron chi connectivity index (χ1n) is 8.23. The van der Waals surface area contributed by atoms with Gasteiger partial charge in [-0.25, -0.2) is 4.79 Å². The normalized spacial score (nSPS) is 17.0. The summed E-state index contributed by atoms with van der Waals surface area (Å²) < 4.78 is 0. The number of carbonyl (C=O) groups excluding carboxylic acids is 1. The maximum Gasteiger partial charge on any atom is 0.335 e. The summed E-state index contributed by atoms with van der Waals surface area (Å²) in [7, 11) is 0. The third-order valence-corrected chi connectivity index (χ3v) is 4.59. The molecule has 1 heterocycles. The lowest BCUT2D eigenvalue weighted by Gasteiger charge is -2.25. The summed E-state index contributed by atoms with van der Waals surface area (Å²) in [6.07, 6.45) is 2.32. The number of benzene rings is 2. The molecule has 1 fully saturated rings.